The third-order valence-electron chi connectivity index (χ3n) is 8.82. The highest BCUT2D eigenvalue weighted by Crippen LogP contribution is 2.46. The molecular weight excluding hydrogens is 671 g/mol. The van der Waals surface area contributed by atoms with Crippen molar-refractivity contribution in [2.24, 2.45) is 17.3 Å². The summed E-state index contributed by atoms with van der Waals surface area (Å²) >= 11 is 12.5. The van der Waals surface area contributed by atoms with Crippen LogP contribution >= 0.6 is 23.2 Å². The van der Waals surface area contributed by atoms with Crippen molar-refractivity contribution in [2.75, 3.05) is 13.7 Å². The molecular formula is C37H46Cl2N2O8. The number of hydrogen-bond donors (Lipinski definition) is 2. The van der Waals surface area contributed by atoms with Crippen molar-refractivity contribution in [2.45, 2.75) is 91.3 Å². The zero-order valence-corrected chi connectivity index (χ0v) is 30.5. The van der Waals surface area contributed by atoms with Crippen LogP contribution in [0.15, 0.2) is 48.6 Å². The Morgan fingerprint density at radius 2 is 1.76 bits per heavy atom. The predicted molar refractivity (Wildman–Crippen MR) is 186 cm³/mol. The molecule has 6 atom stereocenters. The molecule has 1 fully saturated rings. The number of esters is 2. The summed E-state index contributed by atoms with van der Waals surface area (Å²) in [4.78, 5) is 53.8. The molecule has 2 aromatic rings. The fraction of sp³-hybridized carbons (Fsp3) is 0.514. The van der Waals surface area contributed by atoms with Crippen LogP contribution in [-0.2, 0) is 39.8 Å². The van der Waals surface area contributed by atoms with Gasteiger partial charge in [0.15, 0.2) is 6.10 Å². The second-order valence-electron chi connectivity index (χ2n) is 13.9. The molecule has 2 aliphatic heterocycles. The largest absolute Gasteiger partial charge is 0.495 e. The molecule has 10 nitrogen and oxygen atoms in total. The zero-order chi connectivity index (χ0) is 36.0. The number of halogens is 2. The van der Waals surface area contributed by atoms with Gasteiger partial charge in [-0.1, -0.05) is 62.2 Å². The van der Waals surface area contributed by atoms with Crippen LogP contribution in [0.2, 0.25) is 10.0 Å². The number of aryl methyl sites for hydroxylation is 1. The SMILES string of the molecule is COc1ccc(C[C@H]2NC(=O)/C=C/C[C@@H]([C@H](C)[C@H]3OC3c3ccc(Cl)cc3C)OC(=O)[C@H](CC(C)C)OC(=O)C(C)(C)CNC2=O)cc1Cl. The molecule has 2 N–H and O–H groups in total. The third kappa shape index (κ3) is 10.2. The number of nitrogens with one attached hydrogen (secondary N) is 2. The van der Waals surface area contributed by atoms with E-state index in [-0.39, 0.29) is 49.9 Å². The van der Waals surface area contributed by atoms with Crippen LogP contribution < -0.4 is 15.4 Å². The minimum Gasteiger partial charge on any atom is -0.495 e. The topological polar surface area (TPSA) is 133 Å². The summed E-state index contributed by atoms with van der Waals surface area (Å²) in [5.41, 5.74) is 1.46. The van der Waals surface area contributed by atoms with Gasteiger partial charge in [-0.05, 0) is 80.1 Å². The Bertz CT molecular complexity index is 1580. The molecule has 2 amide bonds. The Morgan fingerprint density at radius 3 is 2.41 bits per heavy atom. The van der Waals surface area contributed by atoms with E-state index in [2.05, 4.69) is 10.6 Å². The minimum absolute atomic E-state index is 0.00877. The lowest BCUT2D eigenvalue weighted by Gasteiger charge is -2.29. The van der Waals surface area contributed by atoms with Crippen molar-refractivity contribution in [3.63, 3.8) is 0 Å². The summed E-state index contributed by atoms with van der Waals surface area (Å²) in [6, 6.07) is 9.73. The fourth-order valence-electron chi connectivity index (χ4n) is 5.76. The van der Waals surface area contributed by atoms with Gasteiger partial charge in [-0.3, -0.25) is 14.4 Å². The van der Waals surface area contributed by atoms with Gasteiger partial charge in [0.2, 0.25) is 11.8 Å². The summed E-state index contributed by atoms with van der Waals surface area (Å²) in [5, 5.41) is 6.53. The Morgan fingerprint density at radius 1 is 1.02 bits per heavy atom. The van der Waals surface area contributed by atoms with Crippen molar-refractivity contribution in [3.8, 4) is 5.75 Å². The van der Waals surface area contributed by atoms with Crippen molar-refractivity contribution in [1.29, 1.82) is 0 Å². The molecule has 0 radical (unpaired) electrons. The average molecular weight is 718 g/mol. The first-order valence-corrected chi connectivity index (χ1v) is 17.3. The Balaban J connectivity index is 1.62. The molecule has 0 spiro atoms. The summed E-state index contributed by atoms with van der Waals surface area (Å²) < 4.78 is 23.2. The molecule has 2 aromatic carbocycles. The number of methoxy groups -OCH3 is 1. The highest BCUT2D eigenvalue weighted by molar-refractivity contribution is 6.32. The van der Waals surface area contributed by atoms with Gasteiger partial charge in [-0.25, -0.2) is 4.79 Å². The molecule has 0 bridgehead atoms. The van der Waals surface area contributed by atoms with E-state index in [9.17, 15) is 19.2 Å². The molecule has 266 valence electrons. The Kier molecular flexibility index (Phi) is 12.8. The van der Waals surface area contributed by atoms with Gasteiger partial charge in [-0.15, -0.1) is 0 Å². The molecule has 0 aliphatic carbocycles. The molecule has 2 aliphatic rings. The average Bonchev–Trinajstić information content (AvgIpc) is 3.82. The molecule has 49 heavy (non-hydrogen) atoms. The van der Waals surface area contributed by atoms with Crippen LogP contribution in [0.25, 0.3) is 0 Å². The molecule has 1 saturated heterocycles. The normalized spacial score (nSPS) is 26.2. The number of cyclic esters (lactones) is 2. The van der Waals surface area contributed by atoms with Gasteiger partial charge >= 0.3 is 11.9 Å². The zero-order valence-electron chi connectivity index (χ0n) is 29.0. The number of rotatable bonds is 8. The number of amides is 2. The number of hydrogen-bond acceptors (Lipinski definition) is 8. The molecule has 4 rings (SSSR count). The van der Waals surface area contributed by atoms with Crippen molar-refractivity contribution in [1.82, 2.24) is 10.6 Å². The summed E-state index contributed by atoms with van der Waals surface area (Å²) in [5.74, 6) is -2.17. The summed E-state index contributed by atoms with van der Waals surface area (Å²) in [7, 11) is 1.50. The predicted octanol–water partition coefficient (Wildman–Crippen LogP) is 6.09. The number of epoxide rings is 1. The van der Waals surface area contributed by atoms with Gasteiger partial charge in [0.05, 0.1) is 23.7 Å². The minimum atomic E-state index is -1.21. The van der Waals surface area contributed by atoms with Crippen molar-refractivity contribution < 1.29 is 38.1 Å². The summed E-state index contributed by atoms with van der Waals surface area (Å²) in [6.45, 7) is 10.8. The lowest BCUT2D eigenvalue weighted by molar-refractivity contribution is -0.179. The second kappa shape index (κ2) is 16.4. The van der Waals surface area contributed by atoms with Crippen LogP contribution in [0.1, 0.15) is 70.3 Å². The van der Waals surface area contributed by atoms with Gasteiger partial charge in [0.1, 0.15) is 24.0 Å². The first-order chi connectivity index (χ1) is 23.1. The van der Waals surface area contributed by atoms with E-state index >= 15 is 0 Å². The van der Waals surface area contributed by atoms with Crippen LogP contribution in [-0.4, -0.2) is 61.8 Å². The maximum Gasteiger partial charge on any atom is 0.347 e. The molecule has 0 saturated carbocycles. The Hall–Kier alpha value is -3.60. The van der Waals surface area contributed by atoms with E-state index < -0.39 is 47.4 Å². The lowest BCUT2D eigenvalue weighted by Crippen LogP contribution is -2.51. The van der Waals surface area contributed by atoms with Crippen LogP contribution in [0.4, 0.5) is 0 Å². The standard InChI is InChI=1S/C37H46Cl2N2O8/c1-20(2)15-30-35(44)47-28(22(4)32-33(49-32)25-13-12-24(38)16-21(25)3)9-8-10-31(42)41-27(18-23-11-14-29(46-7)26(39)17-23)34(43)40-19-37(5,6)36(45)48-30/h8,10-14,16-17,20,22,27-28,30,32-33H,9,15,18-19H2,1-7H3,(H,40,43)(H,41,42)/b10-8+/t22-,27+,28-,30-,32+,33?/m0/s1. The van der Waals surface area contributed by atoms with Crippen molar-refractivity contribution >= 4 is 47.0 Å². The maximum atomic E-state index is 13.7. The molecule has 2 heterocycles. The Labute approximate surface area is 298 Å². The smallest absolute Gasteiger partial charge is 0.347 e. The van der Waals surface area contributed by atoms with E-state index in [0.29, 0.717) is 21.4 Å². The number of benzene rings is 2. The highest BCUT2D eigenvalue weighted by atomic mass is 35.5. The van der Waals surface area contributed by atoms with Crippen LogP contribution in [0, 0.1) is 24.2 Å². The van der Waals surface area contributed by atoms with E-state index in [1.54, 1.807) is 38.1 Å². The van der Waals surface area contributed by atoms with Gasteiger partial charge < -0.3 is 29.6 Å². The number of carbonyl (C=O) groups excluding carboxylic acids is 4. The van der Waals surface area contributed by atoms with Gasteiger partial charge in [0.25, 0.3) is 0 Å². The second-order valence-corrected chi connectivity index (χ2v) is 14.7. The van der Waals surface area contributed by atoms with Crippen LogP contribution in [0.3, 0.4) is 0 Å². The molecule has 1 unspecified atom stereocenters. The monoisotopic (exact) mass is 716 g/mol. The fourth-order valence-corrected chi connectivity index (χ4v) is 6.27. The first-order valence-electron chi connectivity index (χ1n) is 16.5. The first kappa shape index (κ1) is 38.2. The third-order valence-corrected chi connectivity index (χ3v) is 9.35. The highest BCUT2D eigenvalue weighted by Gasteiger charge is 2.48. The van der Waals surface area contributed by atoms with E-state index in [0.717, 1.165) is 11.1 Å². The van der Waals surface area contributed by atoms with Gasteiger partial charge in [-0.2, -0.15) is 0 Å². The number of carbonyl (C=O) groups is 4. The molecule has 12 heteroatoms. The van der Waals surface area contributed by atoms with Gasteiger partial charge in [0, 0.05) is 30.3 Å². The maximum absolute atomic E-state index is 13.7. The van der Waals surface area contributed by atoms with Crippen LogP contribution in [0.5, 0.6) is 5.75 Å². The van der Waals surface area contributed by atoms with Crippen molar-refractivity contribution in [3.05, 3.63) is 75.3 Å². The van der Waals surface area contributed by atoms with E-state index in [4.69, 9.17) is 42.1 Å². The number of ether oxygens (including phenoxy) is 4. The van der Waals surface area contributed by atoms with E-state index in [1.165, 1.54) is 13.2 Å². The molecule has 0 aromatic heterocycles. The van der Waals surface area contributed by atoms with E-state index in [1.807, 2.05) is 45.9 Å². The summed E-state index contributed by atoms with van der Waals surface area (Å²) in [6.07, 6.45) is 1.11. The quantitative estimate of drug-likeness (QED) is 0.248. The lowest BCUT2D eigenvalue weighted by atomic mass is 9.92.